The number of amides is 1. The van der Waals surface area contributed by atoms with E-state index >= 15 is 0 Å². The smallest absolute Gasteiger partial charge is 0.252 e. The minimum absolute atomic E-state index is 0.175. The maximum absolute atomic E-state index is 14.3. The highest BCUT2D eigenvalue weighted by Crippen LogP contribution is 2.50. The van der Waals surface area contributed by atoms with Gasteiger partial charge in [0.15, 0.2) is 0 Å². The Hall–Kier alpha value is -3.48. The van der Waals surface area contributed by atoms with Crippen LogP contribution in [0, 0.1) is 5.82 Å². The molecule has 2 aliphatic heterocycles. The van der Waals surface area contributed by atoms with E-state index in [1.54, 1.807) is 4.68 Å². The van der Waals surface area contributed by atoms with E-state index in [-0.39, 0.29) is 17.9 Å². The van der Waals surface area contributed by atoms with Crippen molar-refractivity contribution in [2.24, 2.45) is 7.05 Å². The van der Waals surface area contributed by atoms with Gasteiger partial charge >= 0.3 is 0 Å². The summed E-state index contributed by atoms with van der Waals surface area (Å²) in [5, 5.41) is 10.5. The van der Waals surface area contributed by atoms with E-state index in [1.165, 1.54) is 18.5 Å². The molecule has 0 saturated heterocycles. The summed E-state index contributed by atoms with van der Waals surface area (Å²) >= 11 is 0. The summed E-state index contributed by atoms with van der Waals surface area (Å²) in [4.78, 5) is 17.0. The first kappa shape index (κ1) is 16.7. The van der Waals surface area contributed by atoms with Gasteiger partial charge in [-0.1, -0.05) is 36.4 Å². The van der Waals surface area contributed by atoms with Crippen LogP contribution in [0.2, 0.25) is 0 Å². The van der Waals surface area contributed by atoms with Crippen molar-refractivity contribution in [3.63, 3.8) is 0 Å². The van der Waals surface area contributed by atoms with Crippen LogP contribution >= 0.6 is 0 Å². The molecule has 3 heterocycles. The van der Waals surface area contributed by atoms with Gasteiger partial charge in [-0.25, -0.2) is 9.37 Å². The highest BCUT2D eigenvalue weighted by molar-refractivity contribution is 6.04. The Labute approximate surface area is 161 Å². The van der Waals surface area contributed by atoms with Crippen molar-refractivity contribution in [1.29, 1.82) is 0 Å². The topological polar surface area (TPSA) is 71.8 Å². The Kier molecular flexibility index (Phi) is 3.75. The number of carbonyl (C=O) groups is 1. The predicted molar refractivity (Wildman–Crippen MR) is 103 cm³/mol. The highest BCUT2D eigenvalue weighted by atomic mass is 19.1. The SMILES string of the molecule is Cn1ncnc1C1C2=CCNC(=O)c3cc(F)cc(c32)NC1c1ccccc1. The number of hydrogen-bond acceptors (Lipinski definition) is 4. The monoisotopic (exact) mass is 375 g/mol. The third kappa shape index (κ3) is 2.51. The predicted octanol–water partition coefficient (Wildman–Crippen LogP) is 3.03. The number of nitrogens with one attached hydrogen (secondary N) is 2. The Morgan fingerprint density at radius 1 is 1.21 bits per heavy atom. The van der Waals surface area contributed by atoms with Crippen LogP contribution in [0.5, 0.6) is 0 Å². The number of halogens is 1. The lowest BCUT2D eigenvalue weighted by atomic mass is 9.77. The lowest BCUT2D eigenvalue weighted by Gasteiger charge is -2.37. The second kappa shape index (κ2) is 6.30. The highest BCUT2D eigenvalue weighted by Gasteiger charge is 2.39. The summed E-state index contributed by atoms with van der Waals surface area (Å²) in [5.41, 5.74) is 3.69. The molecule has 28 heavy (non-hydrogen) atoms. The summed E-state index contributed by atoms with van der Waals surface area (Å²) in [6.45, 7) is 0.375. The largest absolute Gasteiger partial charge is 0.377 e. The van der Waals surface area contributed by atoms with Crippen LogP contribution in [0.3, 0.4) is 0 Å². The van der Waals surface area contributed by atoms with E-state index in [0.29, 0.717) is 17.8 Å². The van der Waals surface area contributed by atoms with Gasteiger partial charge in [0, 0.05) is 24.8 Å². The molecular weight excluding hydrogens is 357 g/mol. The number of benzene rings is 2. The van der Waals surface area contributed by atoms with Crippen LogP contribution in [0.25, 0.3) is 5.57 Å². The van der Waals surface area contributed by atoms with Gasteiger partial charge in [-0.2, -0.15) is 5.10 Å². The van der Waals surface area contributed by atoms with Crippen LogP contribution < -0.4 is 10.6 Å². The molecule has 3 aromatic rings. The molecule has 1 amide bonds. The lowest BCUT2D eigenvalue weighted by Crippen LogP contribution is -2.29. The summed E-state index contributed by atoms with van der Waals surface area (Å²) in [6.07, 6.45) is 3.53. The van der Waals surface area contributed by atoms with Gasteiger partial charge in [-0.15, -0.1) is 0 Å². The van der Waals surface area contributed by atoms with Crippen LogP contribution in [0.15, 0.2) is 54.9 Å². The average molecular weight is 375 g/mol. The molecule has 2 aromatic carbocycles. The number of hydrogen-bond donors (Lipinski definition) is 2. The Morgan fingerprint density at radius 3 is 2.79 bits per heavy atom. The molecule has 0 fully saturated rings. The molecule has 7 heteroatoms. The lowest BCUT2D eigenvalue weighted by molar-refractivity contribution is 0.0958. The fraction of sp³-hybridized carbons (Fsp3) is 0.190. The molecule has 2 atom stereocenters. The third-order valence-corrected chi connectivity index (χ3v) is 5.38. The fourth-order valence-electron chi connectivity index (χ4n) is 4.19. The molecule has 2 unspecified atom stereocenters. The molecule has 0 aliphatic carbocycles. The number of nitrogens with zero attached hydrogens (tertiary/aromatic N) is 3. The van der Waals surface area contributed by atoms with Crippen molar-refractivity contribution < 1.29 is 9.18 Å². The molecule has 6 nitrogen and oxygen atoms in total. The van der Waals surface area contributed by atoms with Crippen molar-refractivity contribution in [2.45, 2.75) is 12.0 Å². The Morgan fingerprint density at radius 2 is 2.04 bits per heavy atom. The van der Waals surface area contributed by atoms with Gasteiger partial charge in [0.1, 0.15) is 18.0 Å². The third-order valence-electron chi connectivity index (χ3n) is 5.38. The molecule has 0 radical (unpaired) electrons. The normalized spacial score (nSPS) is 20.5. The van der Waals surface area contributed by atoms with E-state index in [4.69, 9.17) is 0 Å². The van der Waals surface area contributed by atoms with E-state index in [9.17, 15) is 9.18 Å². The number of rotatable bonds is 2. The molecule has 2 aliphatic rings. The van der Waals surface area contributed by atoms with Crippen molar-refractivity contribution >= 4 is 17.2 Å². The Balaban J connectivity index is 1.79. The van der Waals surface area contributed by atoms with E-state index < -0.39 is 5.82 Å². The van der Waals surface area contributed by atoms with Gasteiger partial charge in [0.05, 0.1) is 17.5 Å². The van der Waals surface area contributed by atoms with Gasteiger partial charge in [-0.3, -0.25) is 9.48 Å². The van der Waals surface area contributed by atoms with Crippen molar-refractivity contribution in [3.05, 3.63) is 83.2 Å². The van der Waals surface area contributed by atoms with Gasteiger partial charge in [-0.05, 0) is 23.3 Å². The second-order valence-electron chi connectivity index (χ2n) is 7.00. The summed E-state index contributed by atoms with van der Waals surface area (Å²) in [7, 11) is 1.85. The van der Waals surface area contributed by atoms with Crippen LogP contribution in [0.4, 0.5) is 10.1 Å². The van der Waals surface area contributed by atoms with Crippen LogP contribution in [0.1, 0.15) is 39.3 Å². The van der Waals surface area contributed by atoms with Crippen molar-refractivity contribution in [1.82, 2.24) is 20.1 Å². The van der Waals surface area contributed by atoms with E-state index in [0.717, 1.165) is 22.5 Å². The molecule has 0 saturated carbocycles. The second-order valence-corrected chi connectivity index (χ2v) is 7.00. The number of aryl methyl sites for hydroxylation is 1. The molecular formula is C21H18FN5O. The summed E-state index contributed by atoms with van der Waals surface area (Å²) in [6, 6.07) is 12.6. The van der Waals surface area contributed by atoms with E-state index in [2.05, 4.69) is 20.7 Å². The van der Waals surface area contributed by atoms with E-state index in [1.807, 2.05) is 43.5 Å². The Bertz CT molecular complexity index is 1110. The van der Waals surface area contributed by atoms with Crippen LogP contribution in [-0.4, -0.2) is 27.2 Å². The number of carbonyl (C=O) groups excluding carboxylic acids is 1. The molecule has 140 valence electrons. The van der Waals surface area contributed by atoms with Gasteiger partial charge in [0.25, 0.3) is 5.91 Å². The van der Waals surface area contributed by atoms with Gasteiger partial charge in [0.2, 0.25) is 0 Å². The maximum Gasteiger partial charge on any atom is 0.252 e. The maximum atomic E-state index is 14.3. The fourth-order valence-corrected chi connectivity index (χ4v) is 4.19. The quantitative estimate of drug-likeness (QED) is 0.722. The van der Waals surface area contributed by atoms with Crippen molar-refractivity contribution in [3.8, 4) is 0 Å². The minimum atomic E-state index is -0.443. The summed E-state index contributed by atoms with van der Waals surface area (Å²) < 4.78 is 16.0. The first-order chi connectivity index (χ1) is 13.6. The molecule has 2 N–H and O–H groups in total. The standard InChI is InChI=1S/C21H18FN5O/c1-27-20(24-11-25-27)18-14-7-8-23-21(28)15-9-13(22)10-16(17(14)15)26-19(18)12-5-3-2-4-6-12/h2-7,9-11,18-19,26H,8H2,1H3,(H,23,28). The average Bonchev–Trinajstić information content (AvgIpc) is 3.05. The van der Waals surface area contributed by atoms with Gasteiger partial charge < -0.3 is 10.6 Å². The molecule has 0 bridgehead atoms. The first-order valence-corrected chi connectivity index (χ1v) is 9.11. The molecule has 0 spiro atoms. The minimum Gasteiger partial charge on any atom is -0.377 e. The molecule has 5 rings (SSSR count). The van der Waals surface area contributed by atoms with Crippen LogP contribution in [-0.2, 0) is 7.05 Å². The zero-order chi connectivity index (χ0) is 19.3. The van der Waals surface area contributed by atoms with Crippen molar-refractivity contribution in [2.75, 3.05) is 11.9 Å². The summed E-state index contributed by atoms with van der Waals surface area (Å²) in [5.74, 6) is -0.123. The molecule has 1 aromatic heterocycles. The zero-order valence-corrected chi connectivity index (χ0v) is 15.2. The number of aromatic nitrogens is 3. The zero-order valence-electron chi connectivity index (χ0n) is 15.2. The number of anilines is 1. The first-order valence-electron chi connectivity index (χ1n) is 9.11.